The Hall–Kier alpha value is -1.09. The average molecular weight is 193 g/mol. The maximum atomic E-state index is 5.61. The number of anilines is 1. The van der Waals surface area contributed by atoms with Crippen molar-refractivity contribution in [2.75, 3.05) is 19.0 Å². The summed E-state index contributed by atoms with van der Waals surface area (Å²) in [6, 6.07) is 4.15. The highest BCUT2D eigenvalue weighted by Gasteiger charge is 2.06. The highest BCUT2D eigenvalue weighted by atomic mass is 15.1. The Kier molecular flexibility index (Phi) is 3.47. The van der Waals surface area contributed by atoms with Gasteiger partial charge < -0.3 is 10.6 Å². The van der Waals surface area contributed by atoms with Crippen LogP contribution in [0.25, 0.3) is 0 Å². The second-order valence-electron chi connectivity index (χ2n) is 3.99. The van der Waals surface area contributed by atoms with Gasteiger partial charge in [-0.25, -0.2) is 0 Å². The standard InChI is InChI=1S/C11H19N3/c1-8(2)11-6-10(14(3)4)5-9(7-12)13-11/h5-6,8H,7,12H2,1-4H3. The lowest BCUT2D eigenvalue weighted by Crippen LogP contribution is -2.12. The number of nitrogens with zero attached hydrogens (tertiary/aromatic N) is 2. The highest BCUT2D eigenvalue weighted by Crippen LogP contribution is 2.19. The topological polar surface area (TPSA) is 42.1 Å². The Morgan fingerprint density at radius 3 is 2.43 bits per heavy atom. The molecule has 0 saturated carbocycles. The molecule has 2 N–H and O–H groups in total. The number of hydrogen-bond acceptors (Lipinski definition) is 3. The van der Waals surface area contributed by atoms with Crippen molar-refractivity contribution in [1.82, 2.24) is 4.98 Å². The SMILES string of the molecule is CC(C)c1cc(N(C)C)cc(CN)n1. The van der Waals surface area contributed by atoms with E-state index in [1.165, 1.54) is 5.69 Å². The van der Waals surface area contributed by atoms with Crippen molar-refractivity contribution in [3.05, 3.63) is 23.5 Å². The molecule has 1 heterocycles. The summed E-state index contributed by atoms with van der Waals surface area (Å²) >= 11 is 0. The van der Waals surface area contributed by atoms with Gasteiger partial charge in [-0.15, -0.1) is 0 Å². The molecule has 14 heavy (non-hydrogen) atoms. The molecular weight excluding hydrogens is 174 g/mol. The molecule has 0 spiro atoms. The predicted octanol–water partition coefficient (Wildman–Crippen LogP) is 1.73. The van der Waals surface area contributed by atoms with E-state index in [1.807, 2.05) is 20.2 Å². The van der Waals surface area contributed by atoms with E-state index >= 15 is 0 Å². The Balaban J connectivity index is 3.13. The maximum Gasteiger partial charge on any atom is 0.0563 e. The van der Waals surface area contributed by atoms with E-state index in [0.29, 0.717) is 12.5 Å². The molecule has 1 rings (SSSR count). The number of rotatable bonds is 3. The molecule has 0 radical (unpaired) electrons. The van der Waals surface area contributed by atoms with Crippen molar-refractivity contribution in [2.45, 2.75) is 26.3 Å². The Morgan fingerprint density at radius 1 is 1.36 bits per heavy atom. The molecule has 0 atom stereocenters. The van der Waals surface area contributed by atoms with E-state index in [4.69, 9.17) is 5.73 Å². The number of nitrogens with two attached hydrogens (primary N) is 1. The van der Waals surface area contributed by atoms with Gasteiger partial charge in [-0.1, -0.05) is 13.8 Å². The van der Waals surface area contributed by atoms with Crippen LogP contribution >= 0.6 is 0 Å². The fraction of sp³-hybridized carbons (Fsp3) is 0.545. The second-order valence-corrected chi connectivity index (χ2v) is 3.99. The quantitative estimate of drug-likeness (QED) is 0.795. The molecule has 0 bridgehead atoms. The molecule has 1 aromatic heterocycles. The second kappa shape index (κ2) is 4.42. The Labute approximate surface area is 85.9 Å². The fourth-order valence-electron chi connectivity index (χ4n) is 1.25. The molecule has 0 aliphatic heterocycles. The molecule has 0 aliphatic carbocycles. The third-order valence-electron chi connectivity index (χ3n) is 2.20. The minimum atomic E-state index is 0.445. The van der Waals surface area contributed by atoms with Gasteiger partial charge in [0.15, 0.2) is 0 Å². The van der Waals surface area contributed by atoms with Crippen LogP contribution in [0.2, 0.25) is 0 Å². The first-order chi connectivity index (χ1) is 6.54. The minimum Gasteiger partial charge on any atom is -0.378 e. The van der Waals surface area contributed by atoms with Crippen LogP contribution in [0.5, 0.6) is 0 Å². The molecule has 78 valence electrons. The van der Waals surface area contributed by atoms with Gasteiger partial charge in [-0.2, -0.15) is 0 Å². The molecule has 0 amide bonds. The van der Waals surface area contributed by atoms with Crippen molar-refractivity contribution in [1.29, 1.82) is 0 Å². The van der Waals surface area contributed by atoms with Crippen LogP contribution in [0.15, 0.2) is 12.1 Å². The van der Waals surface area contributed by atoms with Crippen molar-refractivity contribution in [3.8, 4) is 0 Å². The summed E-state index contributed by atoms with van der Waals surface area (Å²) in [5.74, 6) is 0.445. The lowest BCUT2D eigenvalue weighted by atomic mass is 10.1. The number of pyridine rings is 1. The zero-order chi connectivity index (χ0) is 10.7. The normalized spacial score (nSPS) is 10.7. The first-order valence-corrected chi connectivity index (χ1v) is 4.93. The summed E-state index contributed by atoms with van der Waals surface area (Å²) < 4.78 is 0. The van der Waals surface area contributed by atoms with E-state index < -0.39 is 0 Å². The fourth-order valence-corrected chi connectivity index (χ4v) is 1.25. The van der Waals surface area contributed by atoms with Crippen LogP contribution < -0.4 is 10.6 Å². The molecule has 1 aromatic rings. The molecule has 0 saturated heterocycles. The van der Waals surface area contributed by atoms with Crippen molar-refractivity contribution in [2.24, 2.45) is 5.73 Å². The molecule has 3 heteroatoms. The zero-order valence-electron chi connectivity index (χ0n) is 9.41. The van der Waals surface area contributed by atoms with Crippen LogP contribution in [0, 0.1) is 0 Å². The van der Waals surface area contributed by atoms with Crippen LogP contribution in [-0.4, -0.2) is 19.1 Å². The average Bonchev–Trinajstić information content (AvgIpc) is 2.16. The van der Waals surface area contributed by atoms with Gasteiger partial charge in [0.2, 0.25) is 0 Å². The summed E-state index contributed by atoms with van der Waals surface area (Å²) in [6.45, 7) is 4.78. The third-order valence-corrected chi connectivity index (χ3v) is 2.20. The summed E-state index contributed by atoms with van der Waals surface area (Å²) in [6.07, 6.45) is 0. The van der Waals surface area contributed by atoms with E-state index in [2.05, 4.69) is 29.8 Å². The molecule has 0 aromatic carbocycles. The van der Waals surface area contributed by atoms with Crippen LogP contribution in [0.1, 0.15) is 31.2 Å². The Bertz CT molecular complexity index is 279. The number of hydrogen-bond donors (Lipinski definition) is 1. The van der Waals surface area contributed by atoms with Gasteiger partial charge in [-0.3, -0.25) is 4.98 Å². The third kappa shape index (κ3) is 2.45. The summed E-state index contributed by atoms with van der Waals surface area (Å²) in [4.78, 5) is 6.56. The minimum absolute atomic E-state index is 0.445. The largest absolute Gasteiger partial charge is 0.378 e. The Morgan fingerprint density at radius 2 is 2.00 bits per heavy atom. The van der Waals surface area contributed by atoms with Crippen molar-refractivity contribution in [3.63, 3.8) is 0 Å². The van der Waals surface area contributed by atoms with Gasteiger partial charge in [0.25, 0.3) is 0 Å². The van der Waals surface area contributed by atoms with Gasteiger partial charge in [-0.05, 0) is 18.1 Å². The van der Waals surface area contributed by atoms with Crippen molar-refractivity contribution >= 4 is 5.69 Å². The van der Waals surface area contributed by atoms with E-state index in [-0.39, 0.29) is 0 Å². The van der Waals surface area contributed by atoms with Crippen molar-refractivity contribution < 1.29 is 0 Å². The maximum absolute atomic E-state index is 5.61. The summed E-state index contributed by atoms with van der Waals surface area (Å²) in [5, 5.41) is 0. The van der Waals surface area contributed by atoms with Crippen LogP contribution in [-0.2, 0) is 6.54 Å². The summed E-state index contributed by atoms with van der Waals surface area (Å²) in [5.41, 5.74) is 8.84. The van der Waals surface area contributed by atoms with Crippen LogP contribution in [0.3, 0.4) is 0 Å². The zero-order valence-corrected chi connectivity index (χ0v) is 9.41. The predicted molar refractivity (Wildman–Crippen MR) is 60.5 cm³/mol. The first-order valence-electron chi connectivity index (χ1n) is 4.93. The molecule has 0 unspecified atom stereocenters. The molecule has 3 nitrogen and oxygen atoms in total. The molecule has 0 fully saturated rings. The smallest absolute Gasteiger partial charge is 0.0563 e. The van der Waals surface area contributed by atoms with E-state index in [1.54, 1.807) is 0 Å². The van der Waals surface area contributed by atoms with Gasteiger partial charge in [0.1, 0.15) is 0 Å². The van der Waals surface area contributed by atoms with Gasteiger partial charge in [0, 0.05) is 32.0 Å². The summed E-state index contributed by atoms with van der Waals surface area (Å²) in [7, 11) is 4.06. The highest BCUT2D eigenvalue weighted by molar-refractivity contribution is 5.47. The van der Waals surface area contributed by atoms with E-state index in [0.717, 1.165) is 11.4 Å². The van der Waals surface area contributed by atoms with Gasteiger partial charge in [0.05, 0.1) is 5.69 Å². The molecule has 0 aliphatic rings. The van der Waals surface area contributed by atoms with E-state index in [9.17, 15) is 0 Å². The molecular formula is C11H19N3. The number of aromatic nitrogens is 1. The monoisotopic (exact) mass is 193 g/mol. The van der Waals surface area contributed by atoms with Gasteiger partial charge >= 0.3 is 0 Å². The first kappa shape index (κ1) is 11.0. The lowest BCUT2D eigenvalue weighted by Gasteiger charge is -2.16. The van der Waals surface area contributed by atoms with Crippen LogP contribution in [0.4, 0.5) is 5.69 Å². The lowest BCUT2D eigenvalue weighted by molar-refractivity contribution is 0.802.